The first-order valence-electron chi connectivity index (χ1n) is 1.10. The summed E-state index contributed by atoms with van der Waals surface area (Å²) in [6, 6.07) is 0. The van der Waals surface area contributed by atoms with Gasteiger partial charge < -0.3 is 5.11 Å². The molecule has 0 radical (unpaired) electrons. The highest BCUT2D eigenvalue weighted by Gasteiger charge is 1.81. The van der Waals surface area contributed by atoms with Crippen molar-refractivity contribution in [2.75, 3.05) is 5.75 Å². The lowest BCUT2D eigenvalue weighted by atomic mass is 10.8. The molecule has 0 aromatic carbocycles. The maximum Gasteiger partial charge on any atom is 0.313 e. The van der Waals surface area contributed by atoms with Crippen LogP contribution in [0, 0.1) is 0 Å². The fraction of sp³-hybridized carbons (Fsp3) is 0.500. The van der Waals surface area contributed by atoms with Gasteiger partial charge in [0.1, 0.15) is 0 Å². The number of rotatable bonds is 1. The smallest absolute Gasteiger partial charge is 0.313 e. The molecule has 1 N–H and O–H groups in total. The van der Waals surface area contributed by atoms with Crippen LogP contribution in [-0.4, -0.2) is 16.8 Å². The van der Waals surface area contributed by atoms with Crippen LogP contribution in [0.5, 0.6) is 0 Å². The highest BCUT2D eigenvalue weighted by molar-refractivity contribution is 7.81. The molecule has 0 spiro atoms. The van der Waals surface area contributed by atoms with Crippen molar-refractivity contribution >= 4 is 31.0 Å². The zero-order chi connectivity index (χ0) is 4.28. The molecule has 6 heavy (non-hydrogen) atoms. The van der Waals surface area contributed by atoms with E-state index in [1.807, 2.05) is 0 Å². The number of carbonyl (C=O) groups is 1. The molecule has 0 saturated heterocycles. The van der Waals surface area contributed by atoms with Crippen LogP contribution < -0.4 is 0 Å². The van der Waals surface area contributed by atoms with Gasteiger partial charge in [0.25, 0.3) is 0 Å². The van der Waals surface area contributed by atoms with Gasteiger partial charge in [-0.3, -0.25) is 4.79 Å². The molecule has 0 aliphatic carbocycles. The first-order chi connectivity index (χ1) is 2.27. The van der Waals surface area contributed by atoms with Gasteiger partial charge in [-0.1, -0.05) is 0 Å². The topological polar surface area (TPSA) is 37.3 Å². The second-order valence-electron chi connectivity index (χ2n) is 0.552. The summed E-state index contributed by atoms with van der Waals surface area (Å²) in [4.78, 5) is 9.29. The fourth-order valence-electron chi connectivity index (χ4n) is 0. The molecule has 0 bridgehead atoms. The molecule has 2 nitrogen and oxygen atoms in total. The second-order valence-corrected chi connectivity index (χ2v) is 0.868. The summed E-state index contributed by atoms with van der Waals surface area (Å²) < 4.78 is 0. The molecule has 0 rings (SSSR count). The molecule has 0 aromatic heterocycles. The van der Waals surface area contributed by atoms with Crippen molar-refractivity contribution in [1.29, 1.82) is 0 Å². The standard InChI is InChI=1S/C2H4O2S.ClH/c3-2(4)1-5;/h5H,1H2,(H,3,4);1H. The highest BCUT2D eigenvalue weighted by atomic mass is 35.5. The van der Waals surface area contributed by atoms with E-state index in [1.165, 1.54) is 0 Å². The molecular formula is C2H5ClO2S. The largest absolute Gasteiger partial charge is 0.481 e. The molecule has 0 aliphatic heterocycles. The Morgan fingerprint density at radius 2 is 2.00 bits per heavy atom. The number of carboxylic acids is 1. The third-order valence-corrected chi connectivity index (χ3v) is 0.406. The molecule has 0 fully saturated rings. The molecule has 0 saturated carbocycles. The van der Waals surface area contributed by atoms with Crippen molar-refractivity contribution in [3.63, 3.8) is 0 Å². The van der Waals surface area contributed by atoms with Crippen LogP contribution in [0.3, 0.4) is 0 Å². The van der Waals surface area contributed by atoms with Crippen LogP contribution in [0.15, 0.2) is 0 Å². The lowest BCUT2D eigenvalue weighted by Gasteiger charge is -1.71. The second kappa shape index (κ2) is 5.11. The maximum absolute atomic E-state index is 9.29. The van der Waals surface area contributed by atoms with Gasteiger partial charge in [0.05, 0.1) is 5.75 Å². The Bertz CT molecular complexity index is 46.8. The van der Waals surface area contributed by atoms with Gasteiger partial charge in [-0.15, -0.1) is 12.4 Å². The van der Waals surface area contributed by atoms with Gasteiger partial charge in [-0.25, -0.2) is 0 Å². The normalized spacial score (nSPS) is 6.17. The van der Waals surface area contributed by atoms with Crippen LogP contribution >= 0.6 is 25.0 Å². The van der Waals surface area contributed by atoms with E-state index in [4.69, 9.17) is 5.11 Å². The van der Waals surface area contributed by atoms with Gasteiger partial charge in [-0.2, -0.15) is 12.6 Å². The molecule has 0 atom stereocenters. The van der Waals surface area contributed by atoms with E-state index in [2.05, 4.69) is 12.6 Å². The number of hydrogen-bond acceptors (Lipinski definition) is 2. The first kappa shape index (κ1) is 9.44. The van der Waals surface area contributed by atoms with E-state index in [-0.39, 0.29) is 18.2 Å². The Labute approximate surface area is 47.4 Å². The number of hydrogen-bond donors (Lipinski definition) is 2. The Balaban J connectivity index is 0. The minimum absolute atomic E-state index is 0. The van der Waals surface area contributed by atoms with Gasteiger partial charge >= 0.3 is 5.97 Å². The zero-order valence-electron chi connectivity index (χ0n) is 2.92. The van der Waals surface area contributed by atoms with Crippen molar-refractivity contribution in [3.05, 3.63) is 0 Å². The quantitative estimate of drug-likeness (QED) is 0.503. The summed E-state index contributed by atoms with van der Waals surface area (Å²) in [5, 5.41) is 7.65. The lowest BCUT2D eigenvalue weighted by Crippen LogP contribution is -1.92. The van der Waals surface area contributed by atoms with Gasteiger partial charge in [-0.05, 0) is 0 Å². The summed E-state index contributed by atoms with van der Waals surface area (Å²) in [6.07, 6.45) is 0. The summed E-state index contributed by atoms with van der Waals surface area (Å²) in [5.41, 5.74) is 0. The average molecular weight is 129 g/mol. The third kappa shape index (κ3) is 8.93. The fourth-order valence-corrected chi connectivity index (χ4v) is 0. The van der Waals surface area contributed by atoms with Gasteiger partial charge in [0, 0.05) is 0 Å². The van der Waals surface area contributed by atoms with Gasteiger partial charge in [0.15, 0.2) is 0 Å². The molecule has 0 heterocycles. The van der Waals surface area contributed by atoms with Crippen molar-refractivity contribution in [2.24, 2.45) is 0 Å². The Morgan fingerprint density at radius 3 is 2.00 bits per heavy atom. The molecule has 0 aromatic rings. The van der Waals surface area contributed by atoms with Crippen molar-refractivity contribution in [1.82, 2.24) is 0 Å². The summed E-state index contributed by atoms with van der Waals surface area (Å²) >= 11 is 3.42. The Hall–Kier alpha value is 0.110. The van der Waals surface area contributed by atoms with E-state index < -0.39 is 5.97 Å². The monoisotopic (exact) mass is 128 g/mol. The number of halogens is 1. The van der Waals surface area contributed by atoms with E-state index in [0.29, 0.717) is 0 Å². The van der Waals surface area contributed by atoms with E-state index >= 15 is 0 Å². The van der Waals surface area contributed by atoms with Crippen molar-refractivity contribution < 1.29 is 9.90 Å². The molecule has 4 heteroatoms. The lowest BCUT2D eigenvalue weighted by molar-refractivity contribution is -0.133. The SMILES string of the molecule is Cl.O=C(O)CS. The van der Waals surface area contributed by atoms with E-state index in [1.54, 1.807) is 0 Å². The first-order valence-corrected chi connectivity index (χ1v) is 1.73. The molecule has 0 amide bonds. The van der Waals surface area contributed by atoms with Crippen LogP contribution in [0.2, 0.25) is 0 Å². The highest BCUT2D eigenvalue weighted by Crippen LogP contribution is 1.66. The third-order valence-electron chi connectivity index (χ3n) is 0.135. The van der Waals surface area contributed by atoms with Crippen LogP contribution in [0.1, 0.15) is 0 Å². The minimum atomic E-state index is -0.881. The van der Waals surface area contributed by atoms with Gasteiger partial charge in [0.2, 0.25) is 0 Å². The summed E-state index contributed by atoms with van der Waals surface area (Å²) in [5.74, 6) is -0.965. The maximum atomic E-state index is 9.29. The Kier molecular flexibility index (Phi) is 8.04. The van der Waals surface area contributed by atoms with Crippen molar-refractivity contribution in [2.45, 2.75) is 0 Å². The predicted molar refractivity (Wildman–Crippen MR) is 28.7 cm³/mol. The van der Waals surface area contributed by atoms with E-state index in [9.17, 15) is 4.79 Å². The zero-order valence-corrected chi connectivity index (χ0v) is 4.63. The molecule has 38 valence electrons. The van der Waals surface area contributed by atoms with Crippen LogP contribution in [-0.2, 0) is 4.79 Å². The molecule has 0 unspecified atom stereocenters. The Morgan fingerprint density at radius 1 is 1.83 bits per heavy atom. The summed E-state index contributed by atoms with van der Waals surface area (Å²) in [7, 11) is 0. The predicted octanol–water partition coefficient (Wildman–Crippen LogP) is 0.423. The van der Waals surface area contributed by atoms with Crippen LogP contribution in [0.25, 0.3) is 0 Å². The number of aliphatic carboxylic acids is 1. The minimum Gasteiger partial charge on any atom is -0.481 e. The molecule has 0 aliphatic rings. The number of thiol groups is 1. The van der Waals surface area contributed by atoms with E-state index in [0.717, 1.165) is 0 Å². The number of carboxylic acid groups (broad SMARTS) is 1. The summed E-state index contributed by atoms with van der Waals surface area (Å²) in [6.45, 7) is 0. The average Bonchev–Trinajstić information content (AvgIpc) is 1.38. The van der Waals surface area contributed by atoms with Crippen molar-refractivity contribution in [3.8, 4) is 0 Å². The molecular weight excluding hydrogens is 124 g/mol. The van der Waals surface area contributed by atoms with Crippen LogP contribution in [0.4, 0.5) is 0 Å².